The molecular formula is C13H16ClNO3. The first-order chi connectivity index (χ1) is 8.58. The molecule has 1 heterocycles. The summed E-state index contributed by atoms with van der Waals surface area (Å²) in [6.45, 7) is 2.78. The van der Waals surface area contributed by atoms with Crippen LogP contribution in [-0.2, 0) is 4.74 Å². The van der Waals surface area contributed by atoms with Crippen molar-refractivity contribution in [2.75, 3.05) is 11.9 Å². The van der Waals surface area contributed by atoms with Crippen LogP contribution in [0.15, 0.2) is 18.2 Å². The number of hydrogen-bond acceptors (Lipinski definition) is 3. The van der Waals surface area contributed by atoms with Crippen molar-refractivity contribution in [1.82, 2.24) is 0 Å². The lowest BCUT2D eigenvalue weighted by molar-refractivity contribution is 0.0697. The highest BCUT2D eigenvalue weighted by Gasteiger charge is 2.23. The SMILES string of the molecule is CC(Nc1ccc(Cl)cc1C(=O)O)C1CCCO1. The van der Waals surface area contributed by atoms with E-state index in [1.165, 1.54) is 6.07 Å². The standard InChI is InChI=1S/C13H16ClNO3/c1-8(12-3-2-6-18-12)15-11-5-4-9(14)7-10(11)13(16)17/h4-5,7-8,12,15H,2-3,6H2,1H3,(H,16,17). The zero-order valence-corrected chi connectivity index (χ0v) is 10.9. The maximum Gasteiger partial charge on any atom is 0.337 e. The van der Waals surface area contributed by atoms with E-state index < -0.39 is 5.97 Å². The van der Waals surface area contributed by atoms with Crippen LogP contribution in [0.5, 0.6) is 0 Å². The Balaban J connectivity index is 2.15. The molecule has 1 aliphatic rings. The van der Waals surface area contributed by atoms with Crippen LogP contribution in [-0.4, -0.2) is 29.8 Å². The maximum atomic E-state index is 11.1. The summed E-state index contributed by atoms with van der Waals surface area (Å²) in [5.74, 6) is -0.987. The van der Waals surface area contributed by atoms with Crippen molar-refractivity contribution in [3.8, 4) is 0 Å². The number of carboxylic acid groups (broad SMARTS) is 1. The Hall–Kier alpha value is -1.26. The maximum absolute atomic E-state index is 11.1. The fourth-order valence-electron chi connectivity index (χ4n) is 2.15. The molecule has 5 heteroatoms. The number of rotatable bonds is 4. The van der Waals surface area contributed by atoms with Gasteiger partial charge in [-0.2, -0.15) is 0 Å². The molecule has 2 atom stereocenters. The minimum absolute atomic E-state index is 0.0757. The van der Waals surface area contributed by atoms with Gasteiger partial charge in [0.2, 0.25) is 0 Å². The number of nitrogens with one attached hydrogen (secondary N) is 1. The van der Waals surface area contributed by atoms with Crippen LogP contribution in [0.1, 0.15) is 30.1 Å². The zero-order chi connectivity index (χ0) is 13.1. The van der Waals surface area contributed by atoms with Gasteiger partial charge in [0.1, 0.15) is 0 Å². The van der Waals surface area contributed by atoms with Crippen LogP contribution in [0, 0.1) is 0 Å². The van der Waals surface area contributed by atoms with E-state index in [1.54, 1.807) is 12.1 Å². The van der Waals surface area contributed by atoms with Crippen LogP contribution in [0.2, 0.25) is 5.02 Å². The number of ether oxygens (including phenoxy) is 1. The molecule has 18 heavy (non-hydrogen) atoms. The summed E-state index contributed by atoms with van der Waals surface area (Å²) in [4.78, 5) is 11.1. The van der Waals surface area contributed by atoms with E-state index in [4.69, 9.17) is 21.4 Å². The minimum atomic E-state index is -0.987. The van der Waals surface area contributed by atoms with Crippen LogP contribution in [0.4, 0.5) is 5.69 Å². The van der Waals surface area contributed by atoms with Crippen molar-refractivity contribution in [2.24, 2.45) is 0 Å². The fourth-order valence-corrected chi connectivity index (χ4v) is 2.33. The second-order valence-electron chi connectivity index (χ2n) is 4.48. The van der Waals surface area contributed by atoms with E-state index in [2.05, 4.69) is 5.32 Å². The van der Waals surface area contributed by atoms with Gasteiger partial charge in [0.05, 0.1) is 11.7 Å². The highest BCUT2D eigenvalue weighted by molar-refractivity contribution is 6.31. The van der Waals surface area contributed by atoms with Crippen LogP contribution < -0.4 is 5.32 Å². The third-order valence-corrected chi connectivity index (χ3v) is 3.35. The number of anilines is 1. The van der Waals surface area contributed by atoms with Gasteiger partial charge in [0, 0.05) is 23.4 Å². The molecule has 0 radical (unpaired) electrons. The van der Waals surface area contributed by atoms with Crippen molar-refractivity contribution in [1.29, 1.82) is 0 Å². The topological polar surface area (TPSA) is 58.6 Å². The van der Waals surface area contributed by atoms with Crippen LogP contribution in [0.3, 0.4) is 0 Å². The number of halogens is 1. The Morgan fingerprint density at radius 2 is 2.39 bits per heavy atom. The number of benzene rings is 1. The van der Waals surface area contributed by atoms with Gasteiger partial charge >= 0.3 is 5.97 Å². The molecule has 1 saturated heterocycles. The molecule has 0 aliphatic carbocycles. The van der Waals surface area contributed by atoms with E-state index >= 15 is 0 Å². The molecular weight excluding hydrogens is 254 g/mol. The van der Waals surface area contributed by atoms with Crippen molar-refractivity contribution in [3.05, 3.63) is 28.8 Å². The summed E-state index contributed by atoms with van der Waals surface area (Å²) in [7, 11) is 0. The smallest absolute Gasteiger partial charge is 0.337 e. The Labute approximate surface area is 111 Å². The second-order valence-corrected chi connectivity index (χ2v) is 4.92. The van der Waals surface area contributed by atoms with Crippen molar-refractivity contribution >= 4 is 23.3 Å². The molecule has 0 bridgehead atoms. The molecule has 2 N–H and O–H groups in total. The Bertz CT molecular complexity index is 444. The largest absolute Gasteiger partial charge is 0.478 e. The van der Waals surface area contributed by atoms with Crippen molar-refractivity contribution < 1.29 is 14.6 Å². The quantitative estimate of drug-likeness (QED) is 0.882. The molecule has 1 aromatic rings. The molecule has 0 amide bonds. The normalized spacial score (nSPS) is 20.7. The summed E-state index contributed by atoms with van der Waals surface area (Å²) in [5.41, 5.74) is 0.766. The Kier molecular flexibility index (Phi) is 4.09. The van der Waals surface area contributed by atoms with E-state index in [9.17, 15) is 4.79 Å². The van der Waals surface area contributed by atoms with Crippen LogP contribution >= 0.6 is 11.6 Å². The lowest BCUT2D eigenvalue weighted by Crippen LogP contribution is -2.30. The highest BCUT2D eigenvalue weighted by Crippen LogP contribution is 2.24. The molecule has 1 fully saturated rings. The first-order valence-corrected chi connectivity index (χ1v) is 6.36. The Morgan fingerprint density at radius 3 is 3.00 bits per heavy atom. The molecule has 2 rings (SSSR count). The average molecular weight is 270 g/mol. The monoisotopic (exact) mass is 269 g/mol. The molecule has 1 aromatic carbocycles. The lowest BCUT2D eigenvalue weighted by Gasteiger charge is -2.22. The first kappa shape index (κ1) is 13.2. The van der Waals surface area contributed by atoms with Gasteiger partial charge in [-0.15, -0.1) is 0 Å². The van der Waals surface area contributed by atoms with E-state index in [0.29, 0.717) is 10.7 Å². The first-order valence-electron chi connectivity index (χ1n) is 5.99. The van der Waals surface area contributed by atoms with E-state index in [-0.39, 0.29) is 17.7 Å². The summed E-state index contributed by atoms with van der Waals surface area (Å²) in [6, 6.07) is 4.90. The van der Waals surface area contributed by atoms with Crippen molar-refractivity contribution in [3.63, 3.8) is 0 Å². The van der Waals surface area contributed by atoms with Crippen LogP contribution in [0.25, 0.3) is 0 Å². The molecule has 0 aromatic heterocycles. The van der Waals surface area contributed by atoms with E-state index in [0.717, 1.165) is 19.4 Å². The van der Waals surface area contributed by atoms with Gasteiger partial charge in [-0.3, -0.25) is 0 Å². The molecule has 98 valence electrons. The predicted octanol–water partition coefficient (Wildman–Crippen LogP) is 3.02. The molecule has 0 saturated carbocycles. The second kappa shape index (κ2) is 5.59. The average Bonchev–Trinajstić information content (AvgIpc) is 2.84. The van der Waals surface area contributed by atoms with Gasteiger partial charge in [-0.25, -0.2) is 4.79 Å². The van der Waals surface area contributed by atoms with Gasteiger partial charge in [-0.05, 0) is 38.0 Å². The summed E-state index contributed by atoms with van der Waals surface area (Å²) in [5, 5.41) is 12.8. The van der Waals surface area contributed by atoms with E-state index in [1.807, 2.05) is 6.92 Å². The lowest BCUT2D eigenvalue weighted by atomic mass is 10.1. The molecule has 0 spiro atoms. The summed E-state index contributed by atoms with van der Waals surface area (Å²) in [6.07, 6.45) is 2.20. The van der Waals surface area contributed by atoms with Gasteiger partial charge in [0.25, 0.3) is 0 Å². The molecule has 4 nitrogen and oxygen atoms in total. The number of aromatic carboxylic acids is 1. The number of carboxylic acids is 1. The third kappa shape index (κ3) is 2.94. The Morgan fingerprint density at radius 1 is 1.61 bits per heavy atom. The van der Waals surface area contributed by atoms with Gasteiger partial charge < -0.3 is 15.2 Å². The molecule has 1 aliphatic heterocycles. The third-order valence-electron chi connectivity index (χ3n) is 3.12. The van der Waals surface area contributed by atoms with Gasteiger partial charge in [0.15, 0.2) is 0 Å². The van der Waals surface area contributed by atoms with Gasteiger partial charge in [-0.1, -0.05) is 11.6 Å². The zero-order valence-electron chi connectivity index (χ0n) is 10.1. The highest BCUT2D eigenvalue weighted by atomic mass is 35.5. The fraction of sp³-hybridized carbons (Fsp3) is 0.462. The van der Waals surface area contributed by atoms with Crippen molar-refractivity contribution in [2.45, 2.75) is 31.9 Å². The predicted molar refractivity (Wildman–Crippen MR) is 70.5 cm³/mol. The minimum Gasteiger partial charge on any atom is -0.478 e. The number of carbonyl (C=O) groups is 1. The summed E-state index contributed by atoms with van der Waals surface area (Å²) < 4.78 is 5.58. The number of hydrogen-bond donors (Lipinski definition) is 2. The molecule has 2 unspecified atom stereocenters. The summed E-state index contributed by atoms with van der Waals surface area (Å²) >= 11 is 5.81.